The Morgan fingerprint density at radius 2 is 1.58 bits per heavy atom. The number of hydrogen-bond donors (Lipinski definition) is 1. The number of nitrogens with one attached hydrogen (secondary N) is 1. The molecule has 108 valence electrons. The molecule has 0 radical (unpaired) electrons. The number of likely N-dealkylation sites (N-methyl/N-ethyl adjacent to an activating group) is 1. The molecule has 0 aromatic carbocycles. The van der Waals surface area contributed by atoms with Crippen LogP contribution in [0.2, 0.25) is 0 Å². The molecule has 1 N–H and O–H groups in total. The minimum atomic E-state index is 1.05. The van der Waals surface area contributed by atoms with Crippen LogP contribution in [0.25, 0.3) is 0 Å². The first-order valence-corrected chi connectivity index (χ1v) is 8.84. The molecule has 0 amide bonds. The van der Waals surface area contributed by atoms with E-state index in [0.717, 1.165) is 13.0 Å². The van der Waals surface area contributed by atoms with E-state index < -0.39 is 0 Å². The number of aryl methyl sites for hydroxylation is 2. The third-order valence-electron chi connectivity index (χ3n) is 3.98. The van der Waals surface area contributed by atoms with E-state index in [1.807, 2.05) is 18.4 Å². The normalized spacial score (nSPS) is 18.4. The second-order valence-corrected chi connectivity index (χ2v) is 6.83. The average molecular weight is 280 g/mol. The zero-order chi connectivity index (χ0) is 13.3. The fourth-order valence-electron chi connectivity index (χ4n) is 2.80. The number of thiazole rings is 1. The molecule has 1 heterocycles. The fourth-order valence-corrected chi connectivity index (χ4v) is 3.96. The summed E-state index contributed by atoms with van der Waals surface area (Å²) in [5.74, 6) is 0. The van der Waals surface area contributed by atoms with Crippen molar-refractivity contribution in [2.75, 3.05) is 13.6 Å². The van der Waals surface area contributed by atoms with Gasteiger partial charge < -0.3 is 5.32 Å². The molecule has 0 spiro atoms. The highest BCUT2D eigenvalue weighted by Gasteiger charge is 2.11. The summed E-state index contributed by atoms with van der Waals surface area (Å²) in [4.78, 5) is 6.48. The first kappa shape index (κ1) is 15.0. The van der Waals surface area contributed by atoms with E-state index in [2.05, 4.69) is 5.32 Å². The van der Waals surface area contributed by atoms with Gasteiger partial charge in [0.1, 0.15) is 0 Å². The van der Waals surface area contributed by atoms with E-state index in [4.69, 9.17) is 4.98 Å². The van der Waals surface area contributed by atoms with Crippen LogP contribution in [0.15, 0.2) is 0 Å². The van der Waals surface area contributed by atoms with Gasteiger partial charge in [-0.3, -0.25) is 0 Å². The molecule has 0 aliphatic heterocycles. The molecule has 1 aromatic heterocycles. The van der Waals surface area contributed by atoms with E-state index in [1.54, 1.807) is 4.88 Å². The monoisotopic (exact) mass is 280 g/mol. The first-order chi connectivity index (χ1) is 9.40. The van der Waals surface area contributed by atoms with Crippen LogP contribution in [-0.4, -0.2) is 18.6 Å². The molecular weight excluding hydrogens is 252 g/mol. The van der Waals surface area contributed by atoms with Crippen molar-refractivity contribution in [3.63, 3.8) is 0 Å². The molecule has 0 saturated heterocycles. The maximum absolute atomic E-state index is 4.89. The van der Waals surface area contributed by atoms with Crippen molar-refractivity contribution >= 4 is 11.3 Å². The minimum Gasteiger partial charge on any atom is -0.319 e. The Morgan fingerprint density at radius 1 is 0.947 bits per heavy atom. The Kier molecular flexibility index (Phi) is 6.86. The van der Waals surface area contributed by atoms with Gasteiger partial charge >= 0.3 is 0 Å². The number of rotatable bonds is 3. The lowest BCUT2D eigenvalue weighted by Gasteiger charge is -2.06. The molecule has 2 rings (SSSR count). The topological polar surface area (TPSA) is 24.9 Å². The highest BCUT2D eigenvalue weighted by atomic mass is 32.1. The summed E-state index contributed by atoms with van der Waals surface area (Å²) in [5.41, 5.74) is 1.43. The Morgan fingerprint density at radius 3 is 2.26 bits per heavy atom. The molecular formula is C16H28N2S. The summed E-state index contributed by atoms with van der Waals surface area (Å²) in [7, 11) is 2.02. The molecule has 1 aliphatic carbocycles. The summed E-state index contributed by atoms with van der Waals surface area (Å²) < 4.78 is 0. The van der Waals surface area contributed by atoms with Crippen molar-refractivity contribution in [2.24, 2.45) is 0 Å². The van der Waals surface area contributed by atoms with Gasteiger partial charge in [-0.05, 0) is 32.7 Å². The summed E-state index contributed by atoms with van der Waals surface area (Å²) in [5, 5.41) is 4.57. The fraction of sp³-hybridized carbons (Fsp3) is 0.812. The van der Waals surface area contributed by atoms with Gasteiger partial charge in [0, 0.05) is 17.8 Å². The summed E-state index contributed by atoms with van der Waals surface area (Å²) >= 11 is 1.97. The van der Waals surface area contributed by atoms with Gasteiger partial charge in [0.25, 0.3) is 0 Å². The van der Waals surface area contributed by atoms with Gasteiger partial charge in [0.2, 0.25) is 0 Å². The van der Waals surface area contributed by atoms with Crippen molar-refractivity contribution in [3.8, 4) is 0 Å². The summed E-state index contributed by atoms with van der Waals surface area (Å²) in [6, 6.07) is 0. The first-order valence-electron chi connectivity index (χ1n) is 8.02. The van der Waals surface area contributed by atoms with Crippen LogP contribution in [0.3, 0.4) is 0 Å². The van der Waals surface area contributed by atoms with Gasteiger partial charge in [-0.2, -0.15) is 0 Å². The Hall–Kier alpha value is -0.410. The van der Waals surface area contributed by atoms with Crippen molar-refractivity contribution in [2.45, 2.75) is 70.6 Å². The molecule has 2 nitrogen and oxygen atoms in total. The smallest absolute Gasteiger partial charge is 0.0943 e. The quantitative estimate of drug-likeness (QED) is 0.900. The van der Waals surface area contributed by atoms with Crippen molar-refractivity contribution in [1.82, 2.24) is 10.3 Å². The molecule has 3 heteroatoms. The van der Waals surface area contributed by atoms with Crippen molar-refractivity contribution in [1.29, 1.82) is 0 Å². The lowest BCUT2D eigenvalue weighted by molar-refractivity contribution is 0.559. The highest BCUT2D eigenvalue weighted by molar-refractivity contribution is 7.11. The Balaban J connectivity index is 1.98. The third-order valence-corrected chi connectivity index (χ3v) is 5.20. The maximum atomic E-state index is 4.89. The predicted octanol–water partition coefficient (Wildman–Crippen LogP) is 4.12. The second-order valence-electron chi connectivity index (χ2n) is 5.66. The van der Waals surface area contributed by atoms with Gasteiger partial charge in [0.15, 0.2) is 0 Å². The number of nitrogens with zero attached hydrogens (tertiary/aromatic N) is 1. The molecule has 0 saturated carbocycles. The van der Waals surface area contributed by atoms with E-state index in [-0.39, 0.29) is 0 Å². The van der Waals surface area contributed by atoms with Crippen molar-refractivity contribution < 1.29 is 0 Å². The third kappa shape index (κ3) is 5.23. The van der Waals surface area contributed by atoms with E-state index in [0.29, 0.717) is 0 Å². The SMILES string of the molecule is CNCCc1nc2c(s1)CCCCCCCCCC2. The molecule has 1 aliphatic rings. The van der Waals surface area contributed by atoms with E-state index in [9.17, 15) is 0 Å². The van der Waals surface area contributed by atoms with E-state index >= 15 is 0 Å². The zero-order valence-corrected chi connectivity index (χ0v) is 13.2. The lowest BCUT2D eigenvalue weighted by atomic mass is 10.0. The molecule has 0 atom stereocenters. The van der Waals surface area contributed by atoms with Crippen molar-refractivity contribution in [3.05, 3.63) is 15.6 Å². The standard InChI is InChI=1S/C16H28N2S/c1-17-13-12-16-18-14-10-8-6-4-2-3-5-7-9-11-15(14)19-16/h17H,2-13H2,1H3. The molecule has 1 aromatic rings. The number of aromatic nitrogens is 1. The van der Waals surface area contributed by atoms with Gasteiger partial charge in [0.05, 0.1) is 10.7 Å². The van der Waals surface area contributed by atoms with Crippen LogP contribution >= 0.6 is 11.3 Å². The molecule has 0 unspecified atom stereocenters. The highest BCUT2D eigenvalue weighted by Crippen LogP contribution is 2.24. The van der Waals surface area contributed by atoms with Gasteiger partial charge in [-0.25, -0.2) is 4.98 Å². The van der Waals surface area contributed by atoms with Crippen LogP contribution in [0, 0.1) is 0 Å². The largest absolute Gasteiger partial charge is 0.319 e. The maximum Gasteiger partial charge on any atom is 0.0943 e. The number of hydrogen-bond acceptors (Lipinski definition) is 3. The average Bonchev–Trinajstić information content (AvgIpc) is 2.79. The van der Waals surface area contributed by atoms with Gasteiger partial charge in [-0.15, -0.1) is 11.3 Å². The van der Waals surface area contributed by atoms with E-state index in [1.165, 1.54) is 74.9 Å². The zero-order valence-electron chi connectivity index (χ0n) is 12.3. The minimum absolute atomic E-state index is 1.05. The van der Waals surface area contributed by atoms with Crippen LogP contribution in [0.5, 0.6) is 0 Å². The van der Waals surface area contributed by atoms with Gasteiger partial charge in [-0.1, -0.05) is 38.5 Å². The molecule has 19 heavy (non-hydrogen) atoms. The van der Waals surface area contributed by atoms with Crippen LogP contribution < -0.4 is 5.32 Å². The number of fused-ring (bicyclic) bond motifs is 1. The molecule has 0 fully saturated rings. The lowest BCUT2D eigenvalue weighted by Crippen LogP contribution is -2.10. The predicted molar refractivity (Wildman–Crippen MR) is 84.1 cm³/mol. The Bertz CT molecular complexity index is 330. The second kappa shape index (κ2) is 8.70. The Labute approximate surface area is 122 Å². The molecule has 0 bridgehead atoms. The summed E-state index contributed by atoms with van der Waals surface area (Å²) in [6.45, 7) is 1.05. The van der Waals surface area contributed by atoms with Crippen LogP contribution in [0.4, 0.5) is 0 Å². The summed E-state index contributed by atoms with van der Waals surface area (Å²) in [6.07, 6.45) is 14.8. The van der Waals surface area contributed by atoms with Crippen LogP contribution in [-0.2, 0) is 19.3 Å². The van der Waals surface area contributed by atoms with Crippen LogP contribution in [0.1, 0.15) is 66.9 Å².